The number of aliphatic hydroxyl groups excluding tert-OH is 1. The fraction of sp³-hybridized carbons (Fsp3) is 0.184. The summed E-state index contributed by atoms with van der Waals surface area (Å²) in [7, 11) is -3.65. The Bertz CT molecular complexity index is 2180. The molecule has 0 bridgehead atoms. The summed E-state index contributed by atoms with van der Waals surface area (Å²) < 4.78 is 43.1. The molecule has 11 nitrogen and oxygen atoms in total. The molecule has 13 heteroatoms. The van der Waals surface area contributed by atoms with Crippen molar-refractivity contribution in [3.8, 4) is 22.6 Å². The number of nitrogens with one attached hydrogen (secondary N) is 1. The highest BCUT2D eigenvalue weighted by Crippen LogP contribution is 2.40. The summed E-state index contributed by atoms with van der Waals surface area (Å²) >= 11 is 1.47. The van der Waals surface area contributed by atoms with Gasteiger partial charge in [0, 0.05) is 24.3 Å². The fourth-order valence-electron chi connectivity index (χ4n) is 5.80. The second-order valence-electron chi connectivity index (χ2n) is 12.0. The van der Waals surface area contributed by atoms with E-state index < -0.39 is 16.3 Å². The number of phenols is 1. The van der Waals surface area contributed by atoms with Crippen LogP contribution in [0.2, 0.25) is 0 Å². The van der Waals surface area contributed by atoms with Gasteiger partial charge in [0.05, 0.1) is 29.4 Å². The second-order valence-corrected chi connectivity index (χ2v) is 14.8. The number of aliphatic hydroxyl groups is 1. The van der Waals surface area contributed by atoms with Gasteiger partial charge < -0.3 is 19.7 Å². The molecule has 0 aliphatic carbocycles. The molecular weight excluding hydrogens is 687 g/mol. The van der Waals surface area contributed by atoms with Crippen LogP contribution in [0.3, 0.4) is 0 Å². The number of nitrogens with zero attached hydrogens (tertiary/aromatic N) is 4. The van der Waals surface area contributed by atoms with Crippen LogP contribution in [0.25, 0.3) is 16.8 Å². The molecule has 3 N–H and O–H groups in total. The van der Waals surface area contributed by atoms with Crippen LogP contribution in [0.4, 0.5) is 0 Å². The van der Waals surface area contributed by atoms with E-state index in [4.69, 9.17) is 9.47 Å². The van der Waals surface area contributed by atoms with Crippen molar-refractivity contribution in [2.45, 2.75) is 48.1 Å². The number of phenolic OH excluding ortho intramolecular Hbond substituents is 1. The first-order chi connectivity index (χ1) is 24.8. The van der Waals surface area contributed by atoms with Crippen molar-refractivity contribution < 1.29 is 28.1 Å². The zero-order valence-corrected chi connectivity index (χ0v) is 29.0. The van der Waals surface area contributed by atoms with E-state index in [0.717, 1.165) is 39.1 Å². The number of benzene rings is 5. The molecule has 260 valence electrons. The summed E-state index contributed by atoms with van der Waals surface area (Å²) in [6.07, 6.45) is -0.602. The van der Waals surface area contributed by atoms with Crippen LogP contribution in [0.1, 0.15) is 41.1 Å². The van der Waals surface area contributed by atoms with E-state index in [2.05, 4.69) is 20.2 Å². The summed E-state index contributed by atoms with van der Waals surface area (Å²) in [5.74, 6) is 0.702. The van der Waals surface area contributed by atoms with Crippen molar-refractivity contribution in [1.82, 2.24) is 24.9 Å². The summed E-state index contributed by atoms with van der Waals surface area (Å²) in [5, 5.41) is 32.1. The van der Waals surface area contributed by atoms with Crippen molar-refractivity contribution >= 4 is 21.8 Å². The number of thioether (sulfide) groups is 1. The zero-order valence-electron chi connectivity index (χ0n) is 27.3. The van der Waals surface area contributed by atoms with Gasteiger partial charge in [-0.05, 0) is 86.8 Å². The van der Waals surface area contributed by atoms with Gasteiger partial charge >= 0.3 is 0 Å². The third kappa shape index (κ3) is 8.37. The predicted molar refractivity (Wildman–Crippen MR) is 192 cm³/mol. The monoisotopic (exact) mass is 721 g/mol. The standard InChI is InChI=1S/C38H35N5O6S2/c44-24-26-12-14-28(15-13-26)36-22-34(25-50-38-40-41-42-43(38)32-16-18-33(45)19-17-32)48-37(49-36)31-9-5-8-30(21-31)29-7-4-6-27(20-29)23-39-51(46,47)35-10-2-1-3-11-35/h1-21,34,36-37,39,44-45H,22-25H2. The molecule has 1 aliphatic heterocycles. The van der Waals surface area contributed by atoms with Gasteiger partial charge in [0.15, 0.2) is 6.29 Å². The van der Waals surface area contributed by atoms with Crippen LogP contribution in [0.5, 0.6) is 5.75 Å². The van der Waals surface area contributed by atoms with E-state index >= 15 is 0 Å². The van der Waals surface area contributed by atoms with E-state index in [-0.39, 0.29) is 36.0 Å². The number of hydrogen-bond acceptors (Lipinski definition) is 10. The highest BCUT2D eigenvalue weighted by atomic mass is 32.2. The summed E-state index contributed by atoms with van der Waals surface area (Å²) in [6.45, 7) is 0.102. The number of hydrogen-bond donors (Lipinski definition) is 3. The molecule has 5 aromatic carbocycles. The number of aromatic hydroxyl groups is 1. The van der Waals surface area contributed by atoms with Gasteiger partial charge in [-0.1, -0.05) is 90.6 Å². The van der Waals surface area contributed by atoms with Crippen molar-refractivity contribution in [2.24, 2.45) is 0 Å². The predicted octanol–water partition coefficient (Wildman–Crippen LogP) is 6.34. The Labute approximate surface area is 299 Å². The molecule has 1 aromatic heterocycles. The molecule has 51 heavy (non-hydrogen) atoms. The van der Waals surface area contributed by atoms with E-state index in [0.29, 0.717) is 17.3 Å². The first-order valence-corrected chi connectivity index (χ1v) is 18.8. The molecule has 1 saturated heterocycles. The van der Waals surface area contributed by atoms with Crippen molar-refractivity contribution in [3.63, 3.8) is 0 Å². The average Bonchev–Trinajstić information content (AvgIpc) is 3.66. The minimum Gasteiger partial charge on any atom is -0.508 e. The maximum atomic E-state index is 12.8. The average molecular weight is 722 g/mol. The Morgan fingerprint density at radius 2 is 1.55 bits per heavy atom. The van der Waals surface area contributed by atoms with Gasteiger partial charge in [-0.3, -0.25) is 0 Å². The normalized spacial score (nSPS) is 17.7. The van der Waals surface area contributed by atoms with E-state index in [1.807, 2.05) is 72.8 Å². The number of sulfonamides is 1. The van der Waals surface area contributed by atoms with Gasteiger partial charge in [0.25, 0.3) is 0 Å². The van der Waals surface area contributed by atoms with Crippen LogP contribution in [0.15, 0.2) is 137 Å². The third-order valence-electron chi connectivity index (χ3n) is 8.49. The molecule has 3 unspecified atom stereocenters. The van der Waals surface area contributed by atoms with Crippen LogP contribution in [-0.4, -0.2) is 50.7 Å². The third-order valence-corrected chi connectivity index (χ3v) is 11.0. The second kappa shape index (κ2) is 15.6. The Morgan fingerprint density at radius 1 is 0.804 bits per heavy atom. The lowest BCUT2D eigenvalue weighted by molar-refractivity contribution is -0.245. The van der Waals surface area contributed by atoms with Gasteiger partial charge in [0.1, 0.15) is 5.75 Å². The lowest BCUT2D eigenvalue weighted by atomic mass is 9.99. The summed E-state index contributed by atoms with van der Waals surface area (Å²) in [6, 6.07) is 38.4. The van der Waals surface area contributed by atoms with Crippen molar-refractivity contribution in [2.75, 3.05) is 5.75 Å². The summed E-state index contributed by atoms with van der Waals surface area (Å²) in [4.78, 5) is 0.219. The minimum absolute atomic E-state index is 0.0422. The molecule has 2 heterocycles. The molecule has 1 fully saturated rings. The van der Waals surface area contributed by atoms with E-state index in [9.17, 15) is 18.6 Å². The Hall–Kier alpha value is -4.89. The largest absolute Gasteiger partial charge is 0.508 e. The first-order valence-electron chi connectivity index (χ1n) is 16.3. The van der Waals surface area contributed by atoms with Gasteiger partial charge in [0.2, 0.25) is 15.2 Å². The molecule has 0 radical (unpaired) electrons. The Kier molecular flexibility index (Phi) is 10.5. The highest BCUT2D eigenvalue weighted by molar-refractivity contribution is 7.99. The van der Waals surface area contributed by atoms with Crippen LogP contribution < -0.4 is 4.72 Å². The maximum Gasteiger partial charge on any atom is 0.240 e. The van der Waals surface area contributed by atoms with Crippen molar-refractivity contribution in [3.05, 3.63) is 150 Å². The lowest BCUT2D eigenvalue weighted by Gasteiger charge is -2.36. The molecule has 3 atom stereocenters. The number of rotatable bonds is 12. The van der Waals surface area contributed by atoms with E-state index in [1.165, 1.54) is 11.8 Å². The summed E-state index contributed by atoms with van der Waals surface area (Å²) in [5.41, 5.74) is 6.03. The number of aromatic nitrogens is 4. The van der Waals surface area contributed by atoms with Gasteiger partial charge in [-0.25, -0.2) is 13.1 Å². The number of ether oxygens (including phenoxy) is 2. The smallest absolute Gasteiger partial charge is 0.240 e. The van der Waals surface area contributed by atoms with Crippen molar-refractivity contribution in [1.29, 1.82) is 0 Å². The van der Waals surface area contributed by atoms with Gasteiger partial charge in [-0.2, -0.15) is 4.68 Å². The lowest BCUT2D eigenvalue weighted by Crippen LogP contribution is -2.31. The quantitative estimate of drug-likeness (QED) is 0.122. The molecule has 0 spiro atoms. The minimum atomic E-state index is -3.65. The first kappa shape index (κ1) is 34.6. The topological polar surface area (TPSA) is 149 Å². The fourth-order valence-corrected chi connectivity index (χ4v) is 7.75. The molecule has 1 aliphatic rings. The molecule has 0 saturated carbocycles. The molecule has 0 amide bonds. The zero-order chi connectivity index (χ0) is 35.2. The van der Waals surface area contributed by atoms with Crippen LogP contribution >= 0.6 is 11.8 Å². The SMILES string of the molecule is O=S(=O)(NCc1cccc(-c2cccc(C3OC(CSc4nnnn4-c4ccc(O)cc4)CC(c4ccc(CO)cc4)O3)c2)c1)c1ccccc1. The molecule has 7 rings (SSSR count). The van der Waals surface area contributed by atoms with E-state index in [1.54, 1.807) is 59.3 Å². The Balaban J connectivity index is 1.10. The van der Waals surface area contributed by atoms with Crippen LogP contribution in [0, 0.1) is 0 Å². The Morgan fingerprint density at radius 3 is 2.31 bits per heavy atom. The molecule has 6 aromatic rings. The van der Waals surface area contributed by atoms with Crippen LogP contribution in [-0.2, 0) is 32.6 Å². The number of tetrazole rings is 1. The highest BCUT2D eigenvalue weighted by Gasteiger charge is 2.33. The molecular formula is C38H35N5O6S2. The van der Waals surface area contributed by atoms with Gasteiger partial charge in [-0.15, -0.1) is 5.10 Å². The maximum absolute atomic E-state index is 12.8.